The highest BCUT2D eigenvalue weighted by atomic mass is 19.1. The molecule has 1 amide bonds. The highest BCUT2D eigenvalue weighted by Crippen LogP contribution is 2.18. The Bertz CT molecular complexity index is 436. The standard InChI is InChI=1S/C12H17F2N3O/c1-17(2)7-3-6-16-12(18)10-8(13)4-5-9(15)11(10)14/h4-5H,3,6-7,15H2,1-2H3,(H,16,18). The van der Waals surface area contributed by atoms with Gasteiger partial charge in [-0.2, -0.15) is 0 Å². The van der Waals surface area contributed by atoms with Crippen molar-refractivity contribution in [2.45, 2.75) is 6.42 Å². The van der Waals surface area contributed by atoms with E-state index in [1.165, 1.54) is 0 Å². The Morgan fingerprint density at radius 1 is 1.39 bits per heavy atom. The summed E-state index contributed by atoms with van der Waals surface area (Å²) in [6.07, 6.45) is 0.699. The first-order valence-electron chi connectivity index (χ1n) is 5.60. The Kier molecular flexibility index (Phi) is 5.03. The lowest BCUT2D eigenvalue weighted by molar-refractivity contribution is 0.0944. The van der Waals surface area contributed by atoms with E-state index in [-0.39, 0.29) is 5.69 Å². The second kappa shape index (κ2) is 6.30. The van der Waals surface area contributed by atoms with Crippen molar-refractivity contribution in [3.05, 3.63) is 29.3 Å². The normalized spacial score (nSPS) is 10.7. The van der Waals surface area contributed by atoms with Gasteiger partial charge in [-0.3, -0.25) is 4.79 Å². The lowest BCUT2D eigenvalue weighted by Crippen LogP contribution is -2.28. The summed E-state index contributed by atoms with van der Waals surface area (Å²) < 4.78 is 26.9. The number of rotatable bonds is 5. The maximum absolute atomic E-state index is 13.5. The quantitative estimate of drug-likeness (QED) is 0.616. The molecule has 0 spiro atoms. The van der Waals surface area contributed by atoms with Crippen LogP contribution >= 0.6 is 0 Å². The van der Waals surface area contributed by atoms with Gasteiger partial charge in [0, 0.05) is 6.54 Å². The number of anilines is 1. The lowest BCUT2D eigenvalue weighted by atomic mass is 10.1. The first-order chi connectivity index (χ1) is 8.43. The predicted octanol–water partition coefficient (Wildman–Crippen LogP) is 1.23. The van der Waals surface area contributed by atoms with Crippen molar-refractivity contribution in [3.63, 3.8) is 0 Å². The molecule has 0 heterocycles. The van der Waals surface area contributed by atoms with Gasteiger partial charge in [0.25, 0.3) is 5.91 Å². The third kappa shape index (κ3) is 3.66. The third-order valence-corrected chi connectivity index (χ3v) is 2.42. The van der Waals surface area contributed by atoms with E-state index in [1.54, 1.807) is 0 Å². The number of nitrogens with two attached hydrogens (primary N) is 1. The van der Waals surface area contributed by atoms with E-state index in [0.717, 1.165) is 18.7 Å². The van der Waals surface area contributed by atoms with Gasteiger partial charge in [0.1, 0.15) is 11.4 Å². The zero-order valence-corrected chi connectivity index (χ0v) is 10.5. The van der Waals surface area contributed by atoms with E-state index >= 15 is 0 Å². The molecule has 0 bridgehead atoms. The fourth-order valence-corrected chi connectivity index (χ4v) is 1.46. The number of nitrogen functional groups attached to an aromatic ring is 1. The fraction of sp³-hybridized carbons (Fsp3) is 0.417. The average Bonchev–Trinajstić information content (AvgIpc) is 2.30. The van der Waals surface area contributed by atoms with E-state index in [2.05, 4.69) is 5.32 Å². The smallest absolute Gasteiger partial charge is 0.257 e. The topological polar surface area (TPSA) is 58.4 Å². The Morgan fingerprint density at radius 3 is 2.67 bits per heavy atom. The minimum atomic E-state index is -1.01. The van der Waals surface area contributed by atoms with E-state index in [1.807, 2.05) is 19.0 Å². The number of amides is 1. The summed E-state index contributed by atoms with van der Waals surface area (Å²) in [5.74, 6) is -2.71. The SMILES string of the molecule is CN(C)CCCNC(=O)c1c(F)ccc(N)c1F. The maximum Gasteiger partial charge on any atom is 0.257 e. The largest absolute Gasteiger partial charge is 0.396 e. The molecule has 0 saturated carbocycles. The van der Waals surface area contributed by atoms with Gasteiger partial charge in [0.15, 0.2) is 5.82 Å². The summed E-state index contributed by atoms with van der Waals surface area (Å²) in [7, 11) is 3.80. The molecule has 1 aromatic rings. The molecule has 0 aliphatic carbocycles. The van der Waals surface area contributed by atoms with Crippen molar-refractivity contribution in [1.82, 2.24) is 10.2 Å². The molecule has 18 heavy (non-hydrogen) atoms. The first kappa shape index (κ1) is 14.4. The summed E-state index contributed by atoms with van der Waals surface area (Å²) in [5, 5.41) is 2.46. The van der Waals surface area contributed by atoms with E-state index in [4.69, 9.17) is 5.73 Å². The minimum absolute atomic E-state index is 0.241. The van der Waals surface area contributed by atoms with Crippen molar-refractivity contribution in [3.8, 4) is 0 Å². The van der Waals surface area contributed by atoms with Crippen LogP contribution in [0.3, 0.4) is 0 Å². The van der Waals surface area contributed by atoms with Crippen LogP contribution in [-0.4, -0.2) is 38.0 Å². The molecule has 0 aromatic heterocycles. The molecule has 100 valence electrons. The summed E-state index contributed by atoms with van der Waals surface area (Å²) >= 11 is 0. The minimum Gasteiger partial charge on any atom is -0.396 e. The number of carbonyl (C=O) groups is 1. The van der Waals surface area contributed by atoms with Crippen LogP contribution in [0.15, 0.2) is 12.1 Å². The Hall–Kier alpha value is -1.69. The molecular weight excluding hydrogens is 240 g/mol. The molecule has 0 aliphatic rings. The molecule has 3 N–H and O–H groups in total. The molecule has 0 unspecified atom stereocenters. The fourth-order valence-electron chi connectivity index (χ4n) is 1.46. The highest BCUT2D eigenvalue weighted by Gasteiger charge is 2.18. The molecule has 0 saturated heterocycles. The second-order valence-corrected chi connectivity index (χ2v) is 4.24. The van der Waals surface area contributed by atoms with E-state index < -0.39 is 23.1 Å². The first-order valence-corrected chi connectivity index (χ1v) is 5.60. The summed E-state index contributed by atoms with van der Waals surface area (Å²) in [4.78, 5) is 13.6. The average molecular weight is 257 g/mol. The zero-order chi connectivity index (χ0) is 13.7. The summed E-state index contributed by atoms with van der Waals surface area (Å²) in [5.41, 5.74) is 4.43. The third-order valence-electron chi connectivity index (χ3n) is 2.42. The van der Waals surface area contributed by atoms with Crippen LogP contribution in [0.25, 0.3) is 0 Å². The molecule has 4 nitrogen and oxygen atoms in total. The van der Waals surface area contributed by atoms with Crippen molar-refractivity contribution in [1.29, 1.82) is 0 Å². The van der Waals surface area contributed by atoms with Crippen LogP contribution in [0.2, 0.25) is 0 Å². The van der Waals surface area contributed by atoms with Gasteiger partial charge in [-0.05, 0) is 39.2 Å². The molecule has 0 atom stereocenters. The van der Waals surface area contributed by atoms with Crippen molar-refractivity contribution < 1.29 is 13.6 Å². The summed E-state index contributed by atoms with van der Waals surface area (Å²) in [6, 6.07) is 2.07. The van der Waals surface area contributed by atoms with Crippen LogP contribution in [0.4, 0.5) is 14.5 Å². The number of nitrogens with one attached hydrogen (secondary N) is 1. The predicted molar refractivity (Wildman–Crippen MR) is 66.3 cm³/mol. The number of hydrogen-bond donors (Lipinski definition) is 2. The van der Waals surface area contributed by atoms with Gasteiger partial charge < -0.3 is 16.0 Å². The number of nitrogens with zero attached hydrogens (tertiary/aromatic N) is 1. The van der Waals surface area contributed by atoms with Gasteiger partial charge in [0.05, 0.1) is 5.69 Å². The molecule has 0 radical (unpaired) electrons. The number of hydrogen-bond acceptors (Lipinski definition) is 3. The molecule has 0 fully saturated rings. The lowest BCUT2D eigenvalue weighted by Gasteiger charge is -2.11. The van der Waals surface area contributed by atoms with Gasteiger partial charge in [-0.25, -0.2) is 8.78 Å². The Balaban J connectivity index is 2.65. The van der Waals surface area contributed by atoms with E-state index in [9.17, 15) is 13.6 Å². The molecule has 1 aromatic carbocycles. The van der Waals surface area contributed by atoms with Crippen LogP contribution in [0, 0.1) is 11.6 Å². The van der Waals surface area contributed by atoms with Gasteiger partial charge in [-0.15, -0.1) is 0 Å². The van der Waals surface area contributed by atoms with Crippen LogP contribution in [0.1, 0.15) is 16.8 Å². The van der Waals surface area contributed by atoms with Crippen LogP contribution in [0.5, 0.6) is 0 Å². The number of halogens is 2. The number of carbonyl (C=O) groups excluding carboxylic acids is 1. The molecule has 0 aliphatic heterocycles. The van der Waals surface area contributed by atoms with Crippen molar-refractivity contribution >= 4 is 11.6 Å². The molecule has 6 heteroatoms. The maximum atomic E-state index is 13.5. The van der Waals surface area contributed by atoms with Gasteiger partial charge in [-0.1, -0.05) is 0 Å². The molecular formula is C12H17F2N3O. The Morgan fingerprint density at radius 2 is 2.06 bits per heavy atom. The van der Waals surface area contributed by atoms with Crippen LogP contribution in [-0.2, 0) is 0 Å². The number of benzene rings is 1. The van der Waals surface area contributed by atoms with Gasteiger partial charge in [0.2, 0.25) is 0 Å². The summed E-state index contributed by atoms with van der Waals surface area (Å²) in [6.45, 7) is 1.13. The monoisotopic (exact) mass is 257 g/mol. The second-order valence-electron chi connectivity index (χ2n) is 4.24. The van der Waals surface area contributed by atoms with E-state index in [0.29, 0.717) is 13.0 Å². The van der Waals surface area contributed by atoms with Crippen molar-refractivity contribution in [2.75, 3.05) is 32.9 Å². The zero-order valence-electron chi connectivity index (χ0n) is 10.5. The van der Waals surface area contributed by atoms with Crippen LogP contribution < -0.4 is 11.1 Å². The Labute approximate surface area is 105 Å². The highest BCUT2D eigenvalue weighted by molar-refractivity contribution is 5.95. The molecule has 1 rings (SSSR count). The van der Waals surface area contributed by atoms with Gasteiger partial charge >= 0.3 is 0 Å². The van der Waals surface area contributed by atoms with Crippen molar-refractivity contribution in [2.24, 2.45) is 0 Å².